The van der Waals surface area contributed by atoms with Crippen LogP contribution in [0.25, 0.3) is 0 Å². The van der Waals surface area contributed by atoms with Crippen molar-refractivity contribution in [2.75, 3.05) is 0 Å². The number of hydrogen-bond donors (Lipinski definition) is 2. The molecule has 0 unspecified atom stereocenters. The van der Waals surface area contributed by atoms with E-state index in [2.05, 4.69) is 10.2 Å². The van der Waals surface area contributed by atoms with Crippen LogP contribution in [0.15, 0.2) is 33.0 Å². The fraction of sp³-hybridized carbons (Fsp3) is 0.333. The molecule has 1 aromatic heterocycles. The number of aliphatic hydroxyl groups excluding tert-OH is 1. The van der Waals surface area contributed by atoms with E-state index in [4.69, 9.17) is 0 Å². The third-order valence-corrected chi connectivity index (χ3v) is 3.67. The van der Waals surface area contributed by atoms with Gasteiger partial charge in [0.05, 0.1) is 6.61 Å². The highest BCUT2D eigenvalue weighted by Gasteiger charge is 2.14. The highest BCUT2D eigenvalue weighted by molar-refractivity contribution is 7.99. The number of rotatable bonds is 4. The second kappa shape index (κ2) is 5.58. The van der Waals surface area contributed by atoms with Crippen LogP contribution in [0.3, 0.4) is 0 Å². The van der Waals surface area contributed by atoms with Crippen molar-refractivity contribution in [3.8, 4) is 0 Å². The Morgan fingerprint density at radius 2 is 2.26 bits per heavy atom. The molecule has 0 aliphatic heterocycles. The molecule has 19 heavy (non-hydrogen) atoms. The zero-order chi connectivity index (χ0) is 14.0. The molecule has 1 aromatic carbocycles. The Labute approximate surface area is 113 Å². The smallest absolute Gasteiger partial charge is 0.344 e. The van der Waals surface area contributed by atoms with Gasteiger partial charge in [-0.3, -0.25) is 4.57 Å². The zero-order valence-corrected chi connectivity index (χ0v) is 11.4. The lowest BCUT2D eigenvalue weighted by Crippen LogP contribution is -2.19. The molecule has 0 bridgehead atoms. The number of H-pyrrole nitrogens is 1. The lowest BCUT2D eigenvalue weighted by Gasteiger charge is -2.10. The van der Waals surface area contributed by atoms with Crippen LogP contribution in [0, 0.1) is 5.82 Å². The van der Waals surface area contributed by atoms with Crippen LogP contribution in [0.4, 0.5) is 4.39 Å². The van der Waals surface area contributed by atoms with Crippen molar-refractivity contribution in [3.63, 3.8) is 0 Å². The molecular formula is C12H14FN3O2S. The summed E-state index contributed by atoms with van der Waals surface area (Å²) in [5, 5.41) is 16.0. The first-order chi connectivity index (χ1) is 9.02. The Morgan fingerprint density at radius 3 is 2.89 bits per heavy atom. The van der Waals surface area contributed by atoms with Gasteiger partial charge >= 0.3 is 5.69 Å². The van der Waals surface area contributed by atoms with E-state index in [1.165, 1.54) is 28.5 Å². The van der Waals surface area contributed by atoms with Crippen molar-refractivity contribution >= 4 is 11.8 Å². The predicted molar refractivity (Wildman–Crippen MR) is 69.7 cm³/mol. The Bertz CT molecular complexity index is 636. The highest BCUT2D eigenvalue weighted by atomic mass is 32.2. The lowest BCUT2D eigenvalue weighted by atomic mass is 10.2. The van der Waals surface area contributed by atoms with Gasteiger partial charge < -0.3 is 5.11 Å². The summed E-state index contributed by atoms with van der Waals surface area (Å²) in [5.41, 5.74) is 0.181. The maximum Gasteiger partial charge on any atom is 0.344 e. The zero-order valence-electron chi connectivity index (χ0n) is 10.6. The second-order valence-corrected chi connectivity index (χ2v) is 5.30. The van der Waals surface area contributed by atoms with E-state index in [0.717, 1.165) is 0 Å². The minimum Gasteiger partial charge on any atom is -0.392 e. The molecule has 2 aromatic rings. The average molecular weight is 283 g/mol. The summed E-state index contributed by atoms with van der Waals surface area (Å²) < 4.78 is 14.6. The maximum absolute atomic E-state index is 13.1. The molecule has 0 saturated heterocycles. The van der Waals surface area contributed by atoms with Crippen LogP contribution in [-0.4, -0.2) is 19.9 Å². The molecule has 0 spiro atoms. The van der Waals surface area contributed by atoms with E-state index in [0.29, 0.717) is 15.6 Å². The fourth-order valence-electron chi connectivity index (χ4n) is 1.69. The number of nitrogens with one attached hydrogen (secondary N) is 1. The summed E-state index contributed by atoms with van der Waals surface area (Å²) in [7, 11) is 0. The summed E-state index contributed by atoms with van der Waals surface area (Å²) in [5.74, 6) is -0.406. The number of hydrogen-bond acceptors (Lipinski definition) is 4. The van der Waals surface area contributed by atoms with Gasteiger partial charge in [0.25, 0.3) is 0 Å². The molecule has 0 amide bonds. The van der Waals surface area contributed by atoms with Gasteiger partial charge in [0.15, 0.2) is 5.16 Å². The lowest BCUT2D eigenvalue weighted by molar-refractivity contribution is 0.278. The summed E-state index contributed by atoms with van der Waals surface area (Å²) in [6, 6.07) is 4.11. The van der Waals surface area contributed by atoms with Gasteiger partial charge in [-0.1, -0.05) is 0 Å². The van der Waals surface area contributed by atoms with Crippen molar-refractivity contribution in [1.82, 2.24) is 14.8 Å². The van der Waals surface area contributed by atoms with Crippen molar-refractivity contribution in [3.05, 3.63) is 40.1 Å². The number of halogens is 1. The van der Waals surface area contributed by atoms with Gasteiger partial charge in [0.1, 0.15) is 5.82 Å². The normalized spacial score (nSPS) is 11.2. The van der Waals surface area contributed by atoms with E-state index in [1.54, 1.807) is 6.07 Å². The third-order valence-electron chi connectivity index (χ3n) is 2.58. The Morgan fingerprint density at radius 1 is 1.53 bits per heavy atom. The number of aromatic amines is 1. The first-order valence-corrected chi connectivity index (χ1v) is 6.58. The minimum atomic E-state index is -0.406. The standard InChI is InChI=1S/C12H14FN3O2S/c1-7(2)16-11(18)14-15-12(16)19-10-4-3-9(13)5-8(10)6-17/h3-5,7,17H,6H2,1-2H3,(H,14,18). The van der Waals surface area contributed by atoms with E-state index >= 15 is 0 Å². The van der Waals surface area contributed by atoms with Gasteiger partial charge in [-0.2, -0.15) is 0 Å². The first-order valence-electron chi connectivity index (χ1n) is 5.77. The molecule has 2 N–H and O–H groups in total. The van der Waals surface area contributed by atoms with Gasteiger partial charge in [0, 0.05) is 10.9 Å². The topological polar surface area (TPSA) is 70.9 Å². The molecule has 1 heterocycles. The van der Waals surface area contributed by atoms with Crippen LogP contribution in [0.1, 0.15) is 25.5 Å². The molecule has 0 aliphatic carbocycles. The Hall–Kier alpha value is -1.60. The Kier molecular flexibility index (Phi) is 4.06. The largest absolute Gasteiger partial charge is 0.392 e. The van der Waals surface area contributed by atoms with E-state index in [-0.39, 0.29) is 18.3 Å². The molecule has 102 valence electrons. The molecule has 0 aliphatic rings. The Balaban J connectivity index is 2.39. The minimum absolute atomic E-state index is 0.0354. The van der Waals surface area contributed by atoms with Gasteiger partial charge in [0.2, 0.25) is 0 Å². The molecule has 0 saturated carbocycles. The number of aliphatic hydroxyl groups is 1. The van der Waals surface area contributed by atoms with Gasteiger partial charge in [-0.05, 0) is 49.4 Å². The summed E-state index contributed by atoms with van der Waals surface area (Å²) >= 11 is 1.22. The molecule has 7 heteroatoms. The van der Waals surface area contributed by atoms with Crippen LogP contribution in [0.2, 0.25) is 0 Å². The van der Waals surface area contributed by atoms with E-state index in [1.807, 2.05) is 13.8 Å². The molecule has 0 atom stereocenters. The van der Waals surface area contributed by atoms with E-state index in [9.17, 15) is 14.3 Å². The second-order valence-electron chi connectivity index (χ2n) is 4.29. The molecule has 2 rings (SSSR count). The highest BCUT2D eigenvalue weighted by Crippen LogP contribution is 2.30. The van der Waals surface area contributed by atoms with Crippen molar-refractivity contribution in [1.29, 1.82) is 0 Å². The van der Waals surface area contributed by atoms with Crippen molar-refractivity contribution in [2.24, 2.45) is 0 Å². The van der Waals surface area contributed by atoms with Crippen LogP contribution >= 0.6 is 11.8 Å². The van der Waals surface area contributed by atoms with Crippen LogP contribution < -0.4 is 5.69 Å². The molecule has 0 radical (unpaired) electrons. The molecule has 0 fully saturated rings. The summed E-state index contributed by atoms with van der Waals surface area (Å²) in [4.78, 5) is 12.3. The average Bonchev–Trinajstić information content (AvgIpc) is 2.72. The number of benzene rings is 1. The summed E-state index contributed by atoms with van der Waals surface area (Å²) in [6.45, 7) is 3.48. The number of nitrogens with zero attached hydrogens (tertiary/aromatic N) is 2. The molecule has 5 nitrogen and oxygen atoms in total. The van der Waals surface area contributed by atoms with Crippen molar-refractivity contribution in [2.45, 2.75) is 36.5 Å². The fourth-order valence-corrected chi connectivity index (χ4v) is 2.76. The van der Waals surface area contributed by atoms with E-state index < -0.39 is 5.82 Å². The SMILES string of the molecule is CC(C)n1c(Sc2ccc(F)cc2CO)n[nH]c1=O. The quantitative estimate of drug-likeness (QED) is 0.899. The first kappa shape index (κ1) is 13.8. The molecular weight excluding hydrogens is 269 g/mol. The van der Waals surface area contributed by atoms with Gasteiger partial charge in [-0.25, -0.2) is 14.3 Å². The van der Waals surface area contributed by atoms with Crippen molar-refractivity contribution < 1.29 is 9.50 Å². The third kappa shape index (κ3) is 2.87. The van der Waals surface area contributed by atoms with Crippen LogP contribution in [0.5, 0.6) is 0 Å². The monoisotopic (exact) mass is 283 g/mol. The van der Waals surface area contributed by atoms with Crippen LogP contribution in [-0.2, 0) is 6.61 Å². The predicted octanol–water partition coefficient (Wildman–Crippen LogP) is 1.93. The maximum atomic E-state index is 13.1. The number of aromatic nitrogens is 3. The van der Waals surface area contributed by atoms with Gasteiger partial charge in [-0.15, -0.1) is 5.10 Å². The summed E-state index contributed by atoms with van der Waals surface area (Å²) in [6.07, 6.45) is 0.